The van der Waals surface area contributed by atoms with Gasteiger partial charge in [-0.05, 0) is 35.4 Å². The Hall–Kier alpha value is -1.45. The summed E-state index contributed by atoms with van der Waals surface area (Å²) in [7, 11) is 0. The number of hydrogen-bond acceptors (Lipinski definition) is 3. The second kappa shape index (κ2) is 8.67. The van der Waals surface area contributed by atoms with E-state index in [1.165, 1.54) is 5.56 Å². The van der Waals surface area contributed by atoms with Crippen molar-refractivity contribution in [3.8, 4) is 5.75 Å². The van der Waals surface area contributed by atoms with Crippen LogP contribution < -0.4 is 10.5 Å². The molecule has 0 radical (unpaired) electrons. The van der Waals surface area contributed by atoms with Gasteiger partial charge in [-0.15, -0.1) is 0 Å². The van der Waals surface area contributed by atoms with Gasteiger partial charge < -0.3 is 10.5 Å². The highest BCUT2D eigenvalue weighted by Gasteiger charge is 1.97. The molecule has 0 aliphatic carbocycles. The van der Waals surface area contributed by atoms with Gasteiger partial charge in [0.15, 0.2) is 0 Å². The predicted octanol–water partition coefficient (Wildman–Crippen LogP) is 3.85. The van der Waals surface area contributed by atoms with Crippen molar-refractivity contribution < 1.29 is 4.74 Å². The Kier molecular flexibility index (Phi) is 6.48. The molecule has 0 unspecified atom stereocenters. The quantitative estimate of drug-likeness (QED) is 0.749. The van der Waals surface area contributed by atoms with E-state index in [9.17, 15) is 0 Å². The zero-order valence-electron chi connectivity index (χ0n) is 11.6. The minimum atomic E-state index is 0.560. The maximum absolute atomic E-state index is 5.73. The molecular weight excluding hydrogens is 266 g/mol. The topological polar surface area (TPSA) is 35.2 Å². The van der Waals surface area contributed by atoms with Gasteiger partial charge in [0.1, 0.15) is 5.75 Å². The molecule has 2 N–H and O–H groups in total. The van der Waals surface area contributed by atoms with Crippen LogP contribution in [0.25, 0.3) is 0 Å². The molecule has 2 aromatic carbocycles. The third kappa shape index (κ3) is 5.27. The summed E-state index contributed by atoms with van der Waals surface area (Å²) in [6, 6.07) is 18.6. The van der Waals surface area contributed by atoms with Crippen molar-refractivity contribution in [2.24, 2.45) is 5.73 Å². The fourth-order valence-corrected chi connectivity index (χ4v) is 2.77. The smallest absolute Gasteiger partial charge is 0.119 e. The van der Waals surface area contributed by atoms with Gasteiger partial charge in [-0.2, -0.15) is 11.8 Å². The van der Waals surface area contributed by atoms with E-state index in [1.807, 2.05) is 36.0 Å². The SMILES string of the molecule is NCc1cccc(OCCCSCc2ccccc2)c1. The molecular formula is C17H21NOS. The standard InChI is InChI=1S/C17H21NOS/c18-13-16-8-4-9-17(12-16)19-10-5-11-20-14-15-6-2-1-3-7-15/h1-4,6-9,12H,5,10-11,13-14,18H2. The summed E-state index contributed by atoms with van der Waals surface area (Å²) < 4.78 is 5.73. The molecule has 0 atom stereocenters. The lowest BCUT2D eigenvalue weighted by molar-refractivity contribution is 0.318. The Morgan fingerprint density at radius 3 is 2.55 bits per heavy atom. The Morgan fingerprint density at radius 2 is 1.75 bits per heavy atom. The Labute approximate surface area is 125 Å². The molecule has 0 heterocycles. The van der Waals surface area contributed by atoms with Crippen LogP contribution in [0.2, 0.25) is 0 Å². The maximum Gasteiger partial charge on any atom is 0.119 e. The number of rotatable bonds is 8. The Morgan fingerprint density at radius 1 is 0.950 bits per heavy atom. The molecule has 0 spiro atoms. The average Bonchev–Trinajstić information content (AvgIpc) is 2.52. The molecule has 0 aliphatic rings. The van der Waals surface area contributed by atoms with E-state index in [0.717, 1.165) is 35.8 Å². The molecule has 0 fully saturated rings. The molecule has 0 aliphatic heterocycles. The first-order valence-electron chi connectivity index (χ1n) is 6.92. The first-order valence-corrected chi connectivity index (χ1v) is 8.07. The summed E-state index contributed by atoms with van der Waals surface area (Å²) in [6.07, 6.45) is 1.06. The summed E-state index contributed by atoms with van der Waals surface area (Å²) in [5.74, 6) is 3.11. The lowest BCUT2D eigenvalue weighted by atomic mass is 10.2. The van der Waals surface area contributed by atoms with Crippen LogP contribution in [0.3, 0.4) is 0 Å². The lowest BCUT2D eigenvalue weighted by Crippen LogP contribution is -2.01. The fourth-order valence-electron chi connectivity index (χ4n) is 1.88. The first kappa shape index (κ1) is 14.9. The van der Waals surface area contributed by atoms with Gasteiger partial charge in [0.2, 0.25) is 0 Å². The zero-order chi connectivity index (χ0) is 14.0. The highest BCUT2D eigenvalue weighted by molar-refractivity contribution is 7.98. The van der Waals surface area contributed by atoms with E-state index in [-0.39, 0.29) is 0 Å². The average molecular weight is 287 g/mol. The number of thioether (sulfide) groups is 1. The second-order valence-electron chi connectivity index (χ2n) is 4.59. The Balaban J connectivity index is 1.59. The van der Waals surface area contributed by atoms with Crippen molar-refractivity contribution in [1.82, 2.24) is 0 Å². The monoisotopic (exact) mass is 287 g/mol. The van der Waals surface area contributed by atoms with E-state index >= 15 is 0 Å². The minimum Gasteiger partial charge on any atom is -0.494 e. The van der Waals surface area contributed by atoms with E-state index in [4.69, 9.17) is 10.5 Å². The van der Waals surface area contributed by atoms with Crippen LogP contribution in [0.15, 0.2) is 54.6 Å². The summed E-state index contributed by atoms with van der Waals surface area (Å²) in [4.78, 5) is 0. The van der Waals surface area contributed by atoms with Crippen molar-refractivity contribution in [3.05, 3.63) is 65.7 Å². The normalized spacial score (nSPS) is 10.4. The van der Waals surface area contributed by atoms with Crippen LogP contribution in [-0.2, 0) is 12.3 Å². The van der Waals surface area contributed by atoms with Crippen LogP contribution in [-0.4, -0.2) is 12.4 Å². The summed E-state index contributed by atoms with van der Waals surface area (Å²) in [5, 5.41) is 0. The third-order valence-electron chi connectivity index (χ3n) is 2.95. The number of nitrogens with two attached hydrogens (primary N) is 1. The molecule has 0 bridgehead atoms. The molecule has 2 nitrogen and oxygen atoms in total. The van der Waals surface area contributed by atoms with E-state index in [2.05, 4.69) is 30.3 Å². The summed E-state index contributed by atoms with van der Waals surface area (Å²) >= 11 is 1.95. The van der Waals surface area contributed by atoms with Crippen LogP contribution in [0, 0.1) is 0 Å². The van der Waals surface area contributed by atoms with Crippen molar-refractivity contribution in [3.63, 3.8) is 0 Å². The molecule has 106 valence electrons. The van der Waals surface area contributed by atoms with Crippen LogP contribution in [0.5, 0.6) is 5.75 Å². The van der Waals surface area contributed by atoms with Crippen molar-refractivity contribution in [2.45, 2.75) is 18.7 Å². The number of benzene rings is 2. The van der Waals surface area contributed by atoms with Gasteiger partial charge in [-0.25, -0.2) is 0 Å². The highest BCUT2D eigenvalue weighted by Crippen LogP contribution is 2.15. The molecule has 20 heavy (non-hydrogen) atoms. The first-order chi connectivity index (χ1) is 9.88. The van der Waals surface area contributed by atoms with E-state index in [0.29, 0.717) is 6.54 Å². The van der Waals surface area contributed by atoms with Gasteiger partial charge in [-0.3, -0.25) is 0 Å². The van der Waals surface area contributed by atoms with E-state index < -0.39 is 0 Å². The van der Waals surface area contributed by atoms with Crippen LogP contribution >= 0.6 is 11.8 Å². The van der Waals surface area contributed by atoms with Crippen molar-refractivity contribution in [1.29, 1.82) is 0 Å². The maximum atomic E-state index is 5.73. The largest absolute Gasteiger partial charge is 0.494 e. The zero-order valence-corrected chi connectivity index (χ0v) is 12.4. The summed E-state index contributed by atoms with van der Waals surface area (Å²) in [5.41, 5.74) is 8.10. The molecule has 0 aromatic heterocycles. The molecule has 3 heteroatoms. The van der Waals surface area contributed by atoms with Crippen molar-refractivity contribution >= 4 is 11.8 Å². The van der Waals surface area contributed by atoms with Crippen LogP contribution in [0.1, 0.15) is 17.5 Å². The minimum absolute atomic E-state index is 0.560. The number of hydrogen-bond donors (Lipinski definition) is 1. The van der Waals surface area contributed by atoms with Gasteiger partial charge in [-0.1, -0.05) is 42.5 Å². The molecule has 0 saturated heterocycles. The molecule has 2 aromatic rings. The molecule has 0 amide bonds. The third-order valence-corrected chi connectivity index (χ3v) is 4.06. The lowest BCUT2D eigenvalue weighted by Gasteiger charge is -2.07. The summed E-state index contributed by atoms with van der Waals surface area (Å²) in [6.45, 7) is 1.32. The van der Waals surface area contributed by atoms with Gasteiger partial charge in [0.05, 0.1) is 6.61 Å². The molecule has 2 rings (SSSR count). The van der Waals surface area contributed by atoms with Gasteiger partial charge >= 0.3 is 0 Å². The van der Waals surface area contributed by atoms with E-state index in [1.54, 1.807) is 0 Å². The molecule has 0 saturated carbocycles. The predicted molar refractivity (Wildman–Crippen MR) is 87.0 cm³/mol. The number of ether oxygens (including phenoxy) is 1. The van der Waals surface area contributed by atoms with Crippen molar-refractivity contribution in [2.75, 3.05) is 12.4 Å². The second-order valence-corrected chi connectivity index (χ2v) is 5.70. The fraction of sp³-hybridized carbons (Fsp3) is 0.294. The highest BCUT2D eigenvalue weighted by atomic mass is 32.2. The van der Waals surface area contributed by atoms with Gasteiger partial charge in [0, 0.05) is 12.3 Å². The van der Waals surface area contributed by atoms with Gasteiger partial charge in [0.25, 0.3) is 0 Å². The van der Waals surface area contributed by atoms with Crippen LogP contribution in [0.4, 0.5) is 0 Å². The Bertz CT molecular complexity index is 501.